The largest absolute Gasteiger partial charge is 0.394 e. The third-order valence-corrected chi connectivity index (χ3v) is 2.83. The van der Waals surface area contributed by atoms with Crippen LogP contribution in [0.5, 0.6) is 0 Å². The monoisotopic (exact) mass is 259 g/mol. The topological polar surface area (TPSA) is 67.2 Å². The van der Waals surface area contributed by atoms with Gasteiger partial charge in [0.05, 0.1) is 12.6 Å². The highest BCUT2D eigenvalue weighted by Crippen LogP contribution is 2.04. The molecule has 2 N–H and O–H groups in total. The molecule has 0 spiro atoms. The zero-order valence-electron chi connectivity index (χ0n) is 10.8. The lowest BCUT2D eigenvalue weighted by molar-refractivity contribution is 0.0910. The zero-order valence-corrected chi connectivity index (χ0v) is 10.8. The van der Waals surface area contributed by atoms with E-state index in [-0.39, 0.29) is 18.6 Å². The molecule has 1 aromatic heterocycles. The molecule has 2 rings (SSSR count). The fraction of sp³-hybridized carbons (Fsp3) is 0.286. The number of hydrogen-bond donors (Lipinski definition) is 2. The summed E-state index contributed by atoms with van der Waals surface area (Å²) < 4.78 is 1.57. The van der Waals surface area contributed by atoms with E-state index < -0.39 is 0 Å². The average Bonchev–Trinajstić information content (AvgIpc) is 2.86. The number of benzene rings is 1. The lowest BCUT2D eigenvalue weighted by Gasteiger charge is -2.15. The van der Waals surface area contributed by atoms with Crippen LogP contribution in [-0.2, 0) is 13.5 Å². The van der Waals surface area contributed by atoms with Gasteiger partial charge in [-0.2, -0.15) is 5.10 Å². The number of aromatic nitrogens is 2. The molecule has 0 aliphatic heterocycles. The van der Waals surface area contributed by atoms with Crippen LogP contribution in [0.4, 0.5) is 0 Å². The van der Waals surface area contributed by atoms with Gasteiger partial charge in [-0.15, -0.1) is 0 Å². The summed E-state index contributed by atoms with van der Waals surface area (Å²) >= 11 is 0. The molecular formula is C14H17N3O2. The molecule has 0 radical (unpaired) electrons. The van der Waals surface area contributed by atoms with E-state index in [1.165, 1.54) is 0 Å². The summed E-state index contributed by atoms with van der Waals surface area (Å²) in [7, 11) is 1.75. The number of aryl methyl sites for hydroxylation is 1. The van der Waals surface area contributed by atoms with Crippen LogP contribution >= 0.6 is 0 Å². The Morgan fingerprint density at radius 1 is 1.37 bits per heavy atom. The number of aliphatic hydroxyl groups excluding tert-OH is 1. The molecule has 1 amide bonds. The Balaban J connectivity index is 1.97. The number of hydrogen-bond acceptors (Lipinski definition) is 3. The molecule has 1 heterocycles. The lowest BCUT2D eigenvalue weighted by Crippen LogP contribution is -2.39. The highest BCUT2D eigenvalue weighted by Gasteiger charge is 2.15. The fourth-order valence-corrected chi connectivity index (χ4v) is 1.86. The van der Waals surface area contributed by atoms with Crippen molar-refractivity contribution in [2.75, 3.05) is 6.61 Å². The second-order valence-corrected chi connectivity index (χ2v) is 4.42. The van der Waals surface area contributed by atoms with Crippen LogP contribution in [0.1, 0.15) is 16.1 Å². The van der Waals surface area contributed by atoms with Crippen molar-refractivity contribution in [3.8, 4) is 0 Å². The second-order valence-electron chi connectivity index (χ2n) is 4.42. The Bertz CT molecular complexity index is 537. The van der Waals surface area contributed by atoms with Crippen LogP contribution in [0, 0.1) is 0 Å². The summed E-state index contributed by atoms with van der Waals surface area (Å²) in [6.07, 6.45) is 2.30. The first-order valence-corrected chi connectivity index (χ1v) is 6.14. The SMILES string of the molecule is Cn1ccc(C(=O)N[C@H](CO)Cc2ccccc2)n1. The number of nitrogens with zero attached hydrogens (tertiary/aromatic N) is 2. The first-order chi connectivity index (χ1) is 9.19. The van der Waals surface area contributed by atoms with Crippen molar-refractivity contribution in [1.29, 1.82) is 0 Å². The van der Waals surface area contributed by atoms with E-state index in [0.717, 1.165) is 5.56 Å². The van der Waals surface area contributed by atoms with Crippen molar-refractivity contribution < 1.29 is 9.90 Å². The molecule has 5 nitrogen and oxygen atoms in total. The average molecular weight is 259 g/mol. The molecule has 0 saturated carbocycles. The quantitative estimate of drug-likeness (QED) is 0.832. The molecule has 1 aromatic carbocycles. The van der Waals surface area contributed by atoms with Gasteiger partial charge < -0.3 is 10.4 Å². The molecule has 100 valence electrons. The predicted octanol–water partition coefficient (Wildman–Crippen LogP) is 0.753. The number of nitrogens with one attached hydrogen (secondary N) is 1. The van der Waals surface area contributed by atoms with E-state index in [4.69, 9.17) is 0 Å². The third-order valence-electron chi connectivity index (χ3n) is 2.83. The van der Waals surface area contributed by atoms with Crippen molar-refractivity contribution in [2.45, 2.75) is 12.5 Å². The molecule has 19 heavy (non-hydrogen) atoms. The van der Waals surface area contributed by atoms with Crippen LogP contribution < -0.4 is 5.32 Å². The van der Waals surface area contributed by atoms with Crippen molar-refractivity contribution in [3.63, 3.8) is 0 Å². The van der Waals surface area contributed by atoms with Gasteiger partial charge in [0, 0.05) is 13.2 Å². The summed E-state index contributed by atoms with van der Waals surface area (Å²) in [5.74, 6) is -0.268. The number of rotatable bonds is 5. The van der Waals surface area contributed by atoms with Gasteiger partial charge in [-0.25, -0.2) is 0 Å². The molecule has 0 aliphatic carbocycles. The molecule has 0 fully saturated rings. The maximum atomic E-state index is 11.9. The minimum atomic E-state index is -0.308. The Kier molecular flexibility index (Phi) is 4.30. The number of aliphatic hydroxyl groups is 1. The zero-order chi connectivity index (χ0) is 13.7. The van der Waals surface area contributed by atoms with Gasteiger partial charge >= 0.3 is 0 Å². The molecule has 5 heteroatoms. The highest BCUT2D eigenvalue weighted by atomic mass is 16.3. The van der Waals surface area contributed by atoms with Crippen LogP contribution in [0.3, 0.4) is 0 Å². The molecule has 1 atom stereocenters. The van der Waals surface area contributed by atoms with Crippen LogP contribution in [0.25, 0.3) is 0 Å². The Labute approximate surface area is 111 Å². The van der Waals surface area contributed by atoms with E-state index in [0.29, 0.717) is 12.1 Å². The van der Waals surface area contributed by atoms with Crippen LogP contribution in [0.15, 0.2) is 42.6 Å². The highest BCUT2D eigenvalue weighted by molar-refractivity contribution is 5.92. The first kappa shape index (κ1) is 13.3. The van der Waals surface area contributed by atoms with Gasteiger partial charge in [-0.05, 0) is 18.1 Å². The van der Waals surface area contributed by atoms with Crippen molar-refractivity contribution in [3.05, 3.63) is 53.9 Å². The van der Waals surface area contributed by atoms with Crippen molar-refractivity contribution in [2.24, 2.45) is 7.05 Å². The van der Waals surface area contributed by atoms with Crippen molar-refractivity contribution in [1.82, 2.24) is 15.1 Å². The second kappa shape index (κ2) is 6.15. The summed E-state index contributed by atoms with van der Waals surface area (Å²) in [6, 6.07) is 11.1. The van der Waals surface area contributed by atoms with Gasteiger partial charge in [0.2, 0.25) is 0 Å². The van der Waals surface area contributed by atoms with Crippen molar-refractivity contribution >= 4 is 5.91 Å². The first-order valence-electron chi connectivity index (χ1n) is 6.14. The van der Waals surface area contributed by atoms with Gasteiger partial charge in [0.1, 0.15) is 5.69 Å². The van der Waals surface area contributed by atoms with Gasteiger partial charge in [0.25, 0.3) is 5.91 Å². The maximum absolute atomic E-state index is 11.9. The minimum Gasteiger partial charge on any atom is -0.394 e. The van der Waals surface area contributed by atoms with E-state index in [1.807, 2.05) is 30.3 Å². The maximum Gasteiger partial charge on any atom is 0.272 e. The van der Waals surface area contributed by atoms with E-state index in [9.17, 15) is 9.90 Å². The van der Waals surface area contributed by atoms with E-state index in [1.54, 1.807) is 24.0 Å². The van der Waals surface area contributed by atoms with Gasteiger partial charge in [-0.1, -0.05) is 30.3 Å². The number of amides is 1. The fourth-order valence-electron chi connectivity index (χ4n) is 1.86. The van der Waals surface area contributed by atoms with E-state index >= 15 is 0 Å². The molecule has 0 bridgehead atoms. The number of carbonyl (C=O) groups excluding carboxylic acids is 1. The molecular weight excluding hydrogens is 242 g/mol. The minimum absolute atomic E-state index is 0.104. The summed E-state index contributed by atoms with van der Waals surface area (Å²) in [6.45, 7) is -0.104. The normalized spacial score (nSPS) is 12.1. The Morgan fingerprint density at radius 2 is 2.11 bits per heavy atom. The number of carbonyl (C=O) groups is 1. The van der Waals surface area contributed by atoms with Gasteiger partial charge in [-0.3, -0.25) is 9.48 Å². The van der Waals surface area contributed by atoms with E-state index in [2.05, 4.69) is 10.4 Å². The molecule has 2 aromatic rings. The predicted molar refractivity (Wildman–Crippen MR) is 71.7 cm³/mol. The summed E-state index contributed by atoms with van der Waals surface area (Å²) in [5, 5.41) is 16.2. The smallest absolute Gasteiger partial charge is 0.272 e. The van der Waals surface area contributed by atoms with Gasteiger partial charge in [0.15, 0.2) is 0 Å². The summed E-state index contributed by atoms with van der Waals surface area (Å²) in [5.41, 5.74) is 1.43. The Morgan fingerprint density at radius 3 is 2.68 bits per heavy atom. The third kappa shape index (κ3) is 3.66. The standard InChI is InChI=1S/C14H17N3O2/c1-17-8-7-13(16-17)14(19)15-12(10-18)9-11-5-3-2-4-6-11/h2-8,12,18H,9-10H2,1H3,(H,15,19)/t12-/m0/s1. The molecule has 0 saturated heterocycles. The lowest BCUT2D eigenvalue weighted by atomic mass is 10.1. The Hall–Kier alpha value is -2.14. The van der Waals surface area contributed by atoms with Crippen LogP contribution in [-0.4, -0.2) is 33.4 Å². The van der Waals surface area contributed by atoms with Crippen LogP contribution in [0.2, 0.25) is 0 Å². The summed E-state index contributed by atoms with van der Waals surface area (Å²) in [4.78, 5) is 11.9. The molecule has 0 unspecified atom stereocenters. The molecule has 0 aliphatic rings.